The highest BCUT2D eigenvalue weighted by Gasteiger charge is 2.28. The summed E-state index contributed by atoms with van der Waals surface area (Å²) in [5.41, 5.74) is 1.05. The molecular formula is C16H26N2O. The molecule has 3 nitrogen and oxygen atoms in total. The minimum atomic E-state index is -0.199. The molecule has 0 bridgehead atoms. The molecule has 0 aliphatic carbocycles. The van der Waals surface area contributed by atoms with Crippen molar-refractivity contribution in [3.05, 3.63) is 35.9 Å². The van der Waals surface area contributed by atoms with Crippen LogP contribution in [0.2, 0.25) is 0 Å². The fraction of sp³-hybridized carbons (Fsp3) is 0.562. The highest BCUT2D eigenvalue weighted by molar-refractivity contribution is 5.83. The van der Waals surface area contributed by atoms with Gasteiger partial charge in [-0.2, -0.15) is 0 Å². The predicted octanol–water partition coefficient (Wildman–Crippen LogP) is 2.94. The topological polar surface area (TPSA) is 23.6 Å². The summed E-state index contributed by atoms with van der Waals surface area (Å²) in [4.78, 5) is 16.8. The van der Waals surface area contributed by atoms with Gasteiger partial charge in [-0.3, -0.25) is 9.69 Å². The maximum absolute atomic E-state index is 12.8. The highest BCUT2D eigenvalue weighted by Crippen LogP contribution is 2.22. The van der Waals surface area contributed by atoms with Crippen LogP contribution in [-0.4, -0.2) is 42.4 Å². The van der Waals surface area contributed by atoms with E-state index < -0.39 is 0 Å². The fourth-order valence-corrected chi connectivity index (χ4v) is 2.32. The molecule has 0 saturated carbocycles. The molecule has 106 valence electrons. The first-order chi connectivity index (χ1) is 8.99. The zero-order valence-corrected chi connectivity index (χ0v) is 12.8. The zero-order chi connectivity index (χ0) is 14.4. The van der Waals surface area contributed by atoms with Gasteiger partial charge in [-0.1, -0.05) is 37.3 Å². The fourth-order valence-electron chi connectivity index (χ4n) is 2.32. The predicted molar refractivity (Wildman–Crippen MR) is 80.0 cm³/mol. The van der Waals surface area contributed by atoms with E-state index in [1.165, 1.54) is 0 Å². The summed E-state index contributed by atoms with van der Waals surface area (Å²) in [6, 6.07) is 10.0. The molecule has 0 aliphatic heterocycles. The lowest BCUT2D eigenvalue weighted by atomic mass is 10.0. The molecule has 3 heteroatoms. The van der Waals surface area contributed by atoms with Crippen molar-refractivity contribution in [2.45, 2.75) is 39.3 Å². The van der Waals surface area contributed by atoms with Crippen molar-refractivity contribution in [1.82, 2.24) is 9.80 Å². The standard InChI is InChI=1S/C16H26N2O/c1-6-12-18(13(2)3)16(19)15(17(4)5)14-10-8-7-9-11-14/h7-11,13,15H,6,12H2,1-5H3. The minimum Gasteiger partial charge on any atom is -0.339 e. The number of rotatable bonds is 6. The van der Waals surface area contributed by atoms with E-state index in [0.717, 1.165) is 18.5 Å². The van der Waals surface area contributed by atoms with E-state index in [1.807, 2.05) is 54.2 Å². The van der Waals surface area contributed by atoms with Crippen LogP contribution in [-0.2, 0) is 4.79 Å². The van der Waals surface area contributed by atoms with Gasteiger partial charge in [0.2, 0.25) is 5.91 Å². The van der Waals surface area contributed by atoms with Gasteiger partial charge in [-0.25, -0.2) is 0 Å². The molecule has 0 aliphatic rings. The molecule has 1 unspecified atom stereocenters. The second kappa shape index (κ2) is 7.29. The molecule has 1 rings (SSSR count). The Morgan fingerprint density at radius 1 is 1.16 bits per heavy atom. The molecule has 1 aromatic rings. The van der Waals surface area contributed by atoms with E-state index in [4.69, 9.17) is 0 Å². The summed E-state index contributed by atoms with van der Waals surface area (Å²) < 4.78 is 0. The normalized spacial score (nSPS) is 12.8. The Morgan fingerprint density at radius 3 is 2.16 bits per heavy atom. The van der Waals surface area contributed by atoms with E-state index in [9.17, 15) is 4.79 Å². The summed E-state index contributed by atoms with van der Waals surface area (Å²) in [5.74, 6) is 0.188. The van der Waals surface area contributed by atoms with E-state index in [-0.39, 0.29) is 18.0 Å². The smallest absolute Gasteiger partial charge is 0.244 e. The lowest BCUT2D eigenvalue weighted by Crippen LogP contribution is -2.44. The van der Waals surface area contributed by atoms with Crippen molar-refractivity contribution in [1.29, 1.82) is 0 Å². The third-order valence-corrected chi connectivity index (χ3v) is 3.24. The number of hydrogen-bond acceptors (Lipinski definition) is 2. The Kier molecular flexibility index (Phi) is 6.03. The number of hydrogen-bond donors (Lipinski definition) is 0. The van der Waals surface area contributed by atoms with Crippen molar-refractivity contribution < 1.29 is 4.79 Å². The Balaban J connectivity index is 3.02. The SMILES string of the molecule is CCCN(C(=O)C(c1ccccc1)N(C)C)C(C)C. The van der Waals surface area contributed by atoms with Gasteiger partial charge >= 0.3 is 0 Å². The number of nitrogens with zero attached hydrogens (tertiary/aromatic N) is 2. The van der Waals surface area contributed by atoms with Gasteiger partial charge < -0.3 is 4.90 Å². The third-order valence-electron chi connectivity index (χ3n) is 3.24. The Morgan fingerprint density at radius 2 is 1.74 bits per heavy atom. The van der Waals surface area contributed by atoms with Crippen molar-refractivity contribution in [2.24, 2.45) is 0 Å². The minimum absolute atomic E-state index is 0.188. The molecule has 0 spiro atoms. The molecule has 1 aromatic carbocycles. The largest absolute Gasteiger partial charge is 0.339 e. The van der Waals surface area contributed by atoms with Crippen molar-refractivity contribution in [2.75, 3.05) is 20.6 Å². The third kappa shape index (κ3) is 4.06. The molecular weight excluding hydrogens is 236 g/mol. The van der Waals surface area contributed by atoms with Crippen LogP contribution < -0.4 is 0 Å². The maximum Gasteiger partial charge on any atom is 0.244 e. The monoisotopic (exact) mass is 262 g/mol. The second-order valence-electron chi connectivity index (χ2n) is 5.40. The summed E-state index contributed by atoms with van der Waals surface area (Å²) in [7, 11) is 3.92. The van der Waals surface area contributed by atoms with E-state index in [1.54, 1.807) is 0 Å². The van der Waals surface area contributed by atoms with Crippen LogP contribution in [0.1, 0.15) is 38.8 Å². The molecule has 0 heterocycles. The molecule has 1 atom stereocenters. The van der Waals surface area contributed by atoms with E-state index in [0.29, 0.717) is 0 Å². The second-order valence-corrected chi connectivity index (χ2v) is 5.40. The first-order valence-electron chi connectivity index (χ1n) is 7.00. The average Bonchev–Trinajstić information content (AvgIpc) is 2.36. The number of amides is 1. The Labute approximate surface area is 117 Å². The molecule has 0 saturated heterocycles. The maximum atomic E-state index is 12.8. The lowest BCUT2D eigenvalue weighted by Gasteiger charge is -2.33. The van der Waals surface area contributed by atoms with Crippen molar-refractivity contribution in [3.8, 4) is 0 Å². The molecule has 0 aromatic heterocycles. The average molecular weight is 262 g/mol. The number of carbonyl (C=O) groups is 1. The summed E-state index contributed by atoms with van der Waals surface area (Å²) >= 11 is 0. The van der Waals surface area contributed by atoms with Crippen LogP contribution >= 0.6 is 0 Å². The Hall–Kier alpha value is -1.35. The first-order valence-corrected chi connectivity index (χ1v) is 7.00. The number of carbonyl (C=O) groups excluding carboxylic acids is 1. The van der Waals surface area contributed by atoms with Gasteiger partial charge in [0.15, 0.2) is 0 Å². The zero-order valence-electron chi connectivity index (χ0n) is 12.8. The highest BCUT2D eigenvalue weighted by atomic mass is 16.2. The van der Waals surface area contributed by atoms with Gasteiger partial charge in [0.25, 0.3) is 0 Å². The van der Waals surface area contributed by atoms with E-state index >= 15 is 0 Å². The quantitative estimate of drug-likeness (QED) is 0.787. The molecule has 19 heavy (non-hydrogen) atoms. The first kappa shape index (κ1) is 15.7. The van der Waals surface area contributed by atoms with Gasteiger partial charge in [-0.05, 0) is 39.9 Å². The van der Waals surface area contributed by atoms with Crippen LogP contribution in [0.3, 0.4) is 0 Å². The van der Waals surface area contributed by atoms with Crippen LogP contribution in [0.25, 0.3) is 0 Å². The van der Waals surface area contributed by atoms with Crippen LogP contribution in [0, 0.1) is 0 Å². The number of benzene rings is 1. The summed E-state index contributed by atoms with van der Waals surface area (Å²) in [5, 5.41) is 0. The van der Waals surface area contributed by atoms with Crippen molar-refractivity contribution >= 4 is 5.91 Å². The molecule has 0 N–H and O–H groups in total. The van der Waals surface area contributed by atoms with E-state index in [2.05, 4.69) is 20.8 Å². The molecule has 1 amide bonds. The van der Waals surface area contributed by atoms with Crippen LogP contribution in [0.15, 0.2) is 30.3 Å². The summed E-state index contributed by atoms with van der Waals surface area (Å²) in [6.45, 7) is 7.07. The molecule has 0 radical (unpaired) electrons. The van der Waals surface area contributed by atoms with Crippen molar-refractivity contribution in [3.63, 3.8) is 0 Å². The van der Waals surface area contributed by atoms with Gasteiger partial charge in [0.05, 0.1) is 0 Å². The number of likely N-dealkylation sites (N-methyl/N-ethyl adjacent to an activating group) is 1. The summed E-state index contributed by atoms with van der Waals surface area (Å²) in [6.07, 6.45) is 0.985. The van der Waals surface area contributed by atoms with Gasteiger partial charge in [0.1, 0.15) is 6.04 Å². The Bertz CT molecular complexity index is 387. The van der Waals surface area contributed by atoms with Gasteiger partial charge in [-0.15, -0.1) is 0 Å². The van der Waals surface area contributed by atoms with Crippen LogP contribution in [0.5, 0.6) is 0 Å². The lowest BCUT2D eigenvalue weighted by molar-refractivity contribution is -0.138. The van der Waals surface area contributed by atoms with Gasteiger partial charge in [0, 0.05) is 12.6 Å². The van der Waals surface area contributed by atoms with Crippen LogP contribution in [0.4, 0.5) is 0 Å². The molecule has 0 fully saturated rings.